The Morgan fingerprint density at radius 3 is 2.37 bits per heavy atom. The van der Waals surface area contributed by atoms with Gasteiger partial charge < -0.3 is 10.1 Å². The predicted molar refractivity (Wildman–Crippen MR) is 132 cm³/mol. The second kappa shape index (κ2) is 13.8. The highest BCUT2D eigenvalue weighted by atomic mass is 32.1. The first-order chi connectivity index (χ1) is 17.1. The van der Waals surface area contributed by atoms with Gasteiger partial charge in [-0.3, -0.25) is 19.7 Å². The molecule has 1 heterocycles. The number of anilines is 2. The zero-order valence-electron chi connectivity index (χ0n) is 19.1. The molecule has 0 aliphatic carbocycles. The molecule has 1 unspecified atom stereocenters. The van der Waals surface area contributed by atoms with Gasteiger partial charge in [-0.2, -0.15) is 0 Å². The van der Waals surface area contributed by atoms with Gasteiger partial charge in [-0.05, 0) is 30.5 Å². The minimum atomic E-state index is -0.867. The van der Waals surface area contributed by atoms with Gasteiger partial charge in [0.15, 0.2) is 5.13 Å². The molecule has 0 saturated heterocycles. The van der Waals surface area contributed by atoms with Crippen molar-refractivity contribution in [2.75, 3.05) is 4.90 Å². The van der Waals surface area contributed by atoms with E-state index >= 15 is 0 Å². The number of carbonyl (C=O) groups excluding carboxylic acids is 3. The fourth-order valence-corrected chi connectivity index (χ4v) is 4.09. The highest BCUT2D eigenvalue weighted by Gasteiger charge is 2.29. The average Bonchev–Trinajstić information content (AvgIpc) is 3.42. The lowest BCUT2D eigenvalue weighted by Crippen LogP contribution is -2.47. The number of hydrogen-bond donors (Lipinski definition) is 3. The van der Waals surface area contributed by atoms with Crippen LogP contribution in [0.5, 0.6) is 0 Å². The van der Waals surface area contributed by atoms with Crippen molar-refractivity contribution >= 4 is 40.1 Å². The smallest absolute Gasteiger partial charge is 0.408 e. The fraction of sp³-hybridized carbons (Fsp3) is 0.280. The minimum absolute atomic E-state index is 0.0821. The lowest BCUT2D eigenvalue weighted by Gasteiger charge is -2.26. The summed E-state index contributed by atoms with van der Waals surface area (Å²) >= 11 is 1.32. The van der Waals surface area contributed by atoms with E-state index in [-0.39, 0.29) is 18.9 Å². The molecule has 1 aromatic heterocycles. The highest BCUT2D eigenvalue weighted by Crippen LogP contribution is 2.28. The Hall–Kier alpha value is -3.76. The van der Waals surface area contributed by atoms with Crippen molar-refractivity contribution in [2.45, 2.75) is 44.8 Å². The number of thiazole rings is 1. The molecular weight excluding hydrogens is 468 g/mol. The number of hydroxylamine groups is 1. The highest BCUT2D eigenvalue weighted by molar-refractivity contribution is 7.13. The number of rotatable bonds is 12. The monoisotopic (exact) mass is 496 g/mol. The van der Waals surface area contributed by atoms with E-state index in [0.717, 1.165) is 5.56 Å². The number of benzene rings is 2. The topological polar surface area (TPSA) is 121 Å². The molecule has 0 fully saturated rings. The quantitative estimate of drug-likeness (QED) is 0.192. The Bertz CT molecular complexity index is 1060. The SMILES string of the molecule is O=C(CCCCCC(NC(=O)OCc1ccccc1)C(=O)N(c1ccccc1)c1nccs1)NO. The number of carbonyl (C=O) groups is 3. The first-order valence-corrected chi connectivity index (χ1v) is 12.1. The van der Waals surface area contributed by atoms with E-state index in [1.807, 2.05) is 48.5 Å². The Morgan fingerprint density at radius 2 is 1.71 bits per heavy atom. The van der Waals surface area contributed by atoms with Crippen molar-refractivity contribution in [3.8, 4) is 0 Å². The van der Waals surface area contributed by atoms with Crippen molar-refractivity contribution in [1.82, 2.24) is 15.8 Å². The number of amides is 3. The molecule has 0 spiro atoms. The maximum Gasteiger partial charge on any atom is 0.408 e. The zero-order valence-corrected chi connectivity index (χ0v) is 19.9. The van der Waals surface area contributed by atoms with Crippen molar-refractivity contribution in [3.63, 3.8) is 0 Å². The Labute approximate surface area is 207 Å². The van der Waals surface area contributed by atoms with E-state index in [1.165, 1.54) is 16.2 Å². The molecule has 0 saturated carbocycles. The van der Waals surface area contributed by atoms with Crippen molar-refractivity contribution < 1.29 is 24.3 Å². The Balaban J connectivity index is 1.71. The van der Waals surface area contributed by atoms with E-state index in [1.54, 1.807) is 29.2 Å². The number of ether oxygens (including phenoxy) is 1. The molecule has 2 aromatic carbocycles. The summed E-state index contributed by atoms with van der Waals surface area (Å²) in [4.78, 5) is 43.3. The van der Waals surface area contributed by atoms with Crippen LogP contribution in [0.3, 0.4) is 0 Å². The molecule has 3 N–H and O–H groups in total. The van der Waals surface area contributed by atoms with E-state index in [4.69, 9.17) is 9.94 Å². The molecule has 3 rings (SSSR count). The fourth-order valence-electron chi connectivity index (χ4n) is 3.42. The number of unbranched alkanes of at least 4 members (excludes halogenated alkanes) is 2. The van der Waals surface area contributed by atoms with Gasteiger partial charge in [-0.1, -0.05) is 61.4 Å². The summed E-state index contributed by atoms with van der Waals surface area (Å²) in [5.74, 6) is -0.796. The minimum Gasteiger partial charge on any atom is -0.445 e. The second-order valence-corrected chi connectivity index (χ2v) is 8.59. The molecule has 1 atom stereocenters. The van der Waals surface area contributed by atoms with Gasteiger partial charge in [0, 0.05) is 18.0 Å². The van der Waals surface area contributed by atoms with E-state index in [9.17, 15) is 14.4 Å². The summed E-state index contributed by atoms with van der Waals surface area (Å²) in [7, 11) is 0. The van der Waals surface area contributed by atoms with Gasteiger partial charge in [0.25, 0.3) is 5.91 Å². The number of para-hydroxylation sites is 1. The summed E-state index contributed by atoms with van der Waals surface area (Å²) in [6, 6.07) is 17.5. The van der Waals surface area contributed by atoms with Crippen LogP contribution < -0.4 is 15.7 Å². The molecule has 35 heavy (non-hydrogen) atoms. The Kier molecular flexibility index (Phi) is 10.2. The maximum atomic E-state index is 13.7. The summed E-state index contributed by atoms with van der Waals surface area (Å²) < 4.78 is 5.34. The van der Waals surface area contributed by atoms with Crippen LogP contribution in [-0.4, -0.2) is 34.1 Å². The standard InChI is InChI=1S/C25H28N4O5S/c30-22(28-33)15-9-3-8-14-21(27-25(32)34-18-19-10-4-1-5-11-19)23(31)29(24-26-16-17-35-24)20-12-6-2-7-13-20/h1-2,4-7,10-13,16-17,21,33H,3,8-9,14-15,18H2,(H,27,32)(H,28,30). The normalized spacial score (nSPS) is 11.3. The molecule has 3 aromatic rings. The van der Waals surface area contributed by atoms with Crippen LogP contribution in [0, 0.1) is 0 Å². The van der Waals surface area contributed by atoms with Gasteiger partial charge in [-0.25, -0.2) is 15.3 Å². The lowest BCUT2D eigenvalue weighted by atomic mass is 10.1. The van der Waals surface area contributed by atoms with Gasteiger partial charge in [-0.15, -0.1) is 11.3 Å². The van der Waals surface area contributed by atoms with Crippen LogP contribution in [0.25, 0.3) is 0 Å². The molecule has 0 aliphatic heterocycles. The summed E-state index contributed by atoms with van der Waals surface area (Å²) in [6.45, 7) is 0.0821. The number of nitrogens with zero attached hydrogens (tertiary/aromatic N) is 2. The third kappa shape index (κ3) is 8.20. The third-order valence-electron chi connectivity index (χ3n) is 5.17. The number of hydrogen-bond acceptors (Lipinski definition) is 7. The largest absolute Gasteiger partial charge is 0.445 e. The molecule has 0 aliphatic rings. The lowest BCUT2D eigenvalue weighted by molar-refractivity contribution is -0.129. The maximum absolute atomic E-state index is 13.7. The molecular formula is C25H28N4O5S. The number of nitrogens with one attached hydrogen (secondary N) is 2. The first-order valence-electron chi connectivity index (χ1n) is 11.3. The van der Waals surface area contributed by atoms with Gasteiger partial charge in [0.05, 0.1) is 5.69 Å². The van der Waals surface area contributed by atoms with Crippen LogP contribution in [0.15, 0.2) is 72.2 Å². The van der Waals surface area contributed by atoms with Crippen molar-refractivity contribution in [3.05, 3.63) is 77.8 Å². The molecule has 10 heteroatoms. The molecule has 9 nitrogen and oxygen atoms in total. The van der Waals surface area contributed by atoms with Crippen LogP contribution in [-0.2, 0) is 20.9 Å². The van der Waals surface area contributed by atoms with Crippen LogP contribution >= 0.6 is 11.3 Å². The van der Waals surface area contributed by atoms with Gasteiger partial charge >= 0.3 is 6.09 Å². The molecule has 0 bridgehead atoms. The summed E-state index contributed by atoms with van der Waals surface area (Å²) in [5, 5.41) is 13.6. The Morgan fingerprint density at radius 1 is 1.00 bits per heavy atom. The van der Waals surface area contributed by atoms with E-state index in [2.05, 4.69) is 10.3 Å². The molecule has 3 amide bonds. The number of aromatic nitrogens is 1. The average molecular weight is 497 g/mol. The van der Waals surface area contributed by atoms with Crippen LogP contribution in [0.2, 0.25) is 0 Å². The van der Waals surface area contributed by atoms with Crippen molar-refractivity contribution in [2.24, 2.45) is 0 Å². The molecule has 0 radical (unpaired) electrons. The first kappa shape index (κ1) is 25.9. The van der Waals surface area contributed by atoms with Crippen LogP contribution in [0.1, 0.15) is 37.7 Å². The predicted octanol–water partition coefficient (Wildman–Crippen LogP) is 4.56. The van der Waals surface area contributed by atoms with Gasteiger partial charge in [0.1, 0.15) is 12.6 Å². The zero-order chi connectivity index (χ0) is 24.9. The van der Waals surface area contributed by atoms with Crippen LogP contribution in [0.4, 0.5) is 15.6 Å². The number of alkyl carbamates (subject to hydrolysis) is 1. The second-order valence-electron chi connectivity index (χ2n) is 7.72. The van der Waals surface area contributed by atoms with Crippen molar-refractivity contribution in [1.29, 1.82) is 0 Å². The third-order valence-corrected chi connectivity index (χ3v) is 5.93. The summed E-state index contributed by atoms with van der Waals surface area (Å²) in [5.41, 5.74) is 3.08. The molecule has 184 valence electrons. The summed E-state index contributed by atoms with van der Waals surface area (Å²) in [6.07, 6.45) is 3.20. The van der Waals surface area contributed by atoms with E-state index < -0.39 is 18.0 Å². The van der Waals surface area contributed by atoms with Gasteiger partial charge in [0.2, 0.25) is 5.91 Å². The van der Waals surface area contributed by atoms with E-state index in [0.29, 0.717) is 36.5 Å².